The number of hydrogen-bond donors (Lipinski definition) is 0. The van der Waals surface area contributed by atoms with Crippen molar-refractivity contribution in [3.63, 3.8) is 0 Å². The van der Waals surface area contributed by atoms with Crippen LogP contribution in [0, 0.1) is 11.3 Å². The second kappa shape index (κ2) is 14.6. The molecule has 5 rings (SSSR count). The summed E-state index contributed by atoms with van der Waals surface area (Å²) in [5.74, 6) is 0.705. The first-order valence-electron chi connectivity index (χ1n) is 14.8. The molecule has 9 heteroatoms. The number of ether oxygens (including phenoxy) is 1. The number of nitrogens with zero attached hydrogens (tertiary/aromatic N) is 7. The van der Waals surface area contributed by atoms with Crippen molar-refractivity contribution < 1.29 is 9.53 Å². The van der Waals surface area contributed by atoms with E-state index < -0.39 is 0 Å². The highest BCUT2D eigenvalue weighted by atomic mass is 16.5. The number of anilines is 2. The average molecular weight is 570 g/mol. The van der Waals surface area contributed by atoms with Crippen LogP contribution in [0.3, 0.4) is 0 Å². The van der Waals surface area contributed by atoms with E-state index >= 15 is 0 Å². The predicted octanol–water partition coefficient (Wildman–Crippen LogP) is 4.67. The molecule has 1 saturated heterocycles. The third-order valence-electron chi connectivity index (χ3n) is 8.02. The molecular formula is C33H43N7O2. The molecule has 1 fully saturated rings. The van der Waals surface area contributed by atoms with E-state index in [4.69, 9.17) is 14.7 Å². The summed E-state index contributed by atoms with van der Waals surface area (Å²) in [4.78, 5) is 30.3. The number of aromatic nitrogens is 2. The maximum atomic E-state index is 12.3. The van der Waals surface area contributed by atoms with Gasteiger partial charge in [0.05, 0.1) is 37.9 Å². The van der Waals surface area contributed by atoms with Crippen LogP contribution in [0.5, 0.6) is 6.01 Å². The lowest BCUT2D eigenvalue weighted by Crippen LogP contribution is -2.55. The SMILES string of the molecule is C=CC(=O)N1CCN(c2nc(OC)nc3c2CCN(c2cccc4ccccc24)C3)CC1CC#N.CCCN(C)CC. The van der Waals surface area contributed by atoms with Crippen LogP contribution in [-0.2, 0) is 17.8 Å². The highest BCUT2D eigenvalue weighted by molar-refractivity contribution is 5.94. The van der Waals surface area contributed by atoms with Crippen molar-refractivity contribution in [2.45, 2.75) is 45.7 Å². The smallest absolute Gasteiger partial charge is 0.318 e. The van der Waals surface area contributed by atoms with Crippen LogP contribution < -0.4 is 14.5 Å². The van der Waals surface area contributed by atoms with Gasteiger partial charge in [0.25, 0.3) is 0 Å². The first-order chi connectivity index (χ1) is 20.4. The molecule has 9 nitrogen and oxygen atoms in total. The molecule has 42 heavy (non-hydrogen) atoms. The zero-order valence-electron chi connectivity index (χ0n) is 25.4. The summed E-state index contributed by atoms with van der Waals surface area (Å²) in [7, 11) is 3.72. The van der Waals surface area contributed by atoms with Gasteiger partial charge in [-0.15, -0.1) is 0 Å². The molecule has 0 bridgehead atoms. The summed E-state index contributed by atoms with van der Waals surface area (Å²) < 4.78 is 5.48. The summed E-state index contributed by atoms with van der Waals surface area (Å²) in [5, 5.41) is 11.8. The lowest BCUT2D eigenvalue weighted by atomic mass is 10.0. The number of nitriles is 1. The van der Waals surface area contributed by atoms with Crippen LogP contribution in [0.1, 0.15) is 37.9 Å². The molecule has 1 atom stereocenters. The van der Waals surface area contributed by atoms with E-state index in [1.165, 1.54) is 42.0 Å². The molecule has 0 saturated carbocycles. The number of rotatable bonds is 8. The molecular weight excluding hydrogens is 526 g/mol. The van der Waals surface area contributed by atoms with Crippen molar-refractivity contribution in [3.05, 3.63) is 66.4 Å². The second-order valence-corrected chi connectivity index (χ2v) is 10.7. The number of carbonyl (C=O) groups is 1. The van der Waals surface area contributed by atoms with Crippen LogP contribution in [0.25, 0.3) is 10.8 Å². The minimum absolute atomic E-state index is 0.141. The van der Waals surface area contributed by atoms with Gasteiger partial charge in [0.2, 0.25) is 5.91 Å². The zero-order valence-corrected chi connectivity index (χ0v) is 25.4. The van der Waals surface area contributed by atoms with E-state index in [0.29, 0.717) is 32.2 Å². The van der Waals surface area contributed by atoms with E-state index in [0.717, 1.165) is 30.0 Å². The molecule has 0 aliphatic carbocycles. The third kappa shape index (κ3) is 7.00. The number of amides is 1. The monoisotopic (exact) mass is 569 g/mol. The van der Waals surface area contributed by atoms with Crippen LogP contribution in [0.2, 0.25) is 0 Å². The summed E-state index contributed by atoms with van der Waals surface area (Å²) >= 11 is 0. The van der Waals surface area contributed by atoms with Gasteiger partial charge in [-0.05, 0) is 50.5 Å². The fraction of sp³-hybridized carbons (Fsp3) is 0.455. The Morgan fingerprint density at radius 2 is 1.93 bits per heavy atom. The summed E-state index contributed by atoms with van der Waals surface area (Å²) in [6, 6.07) is 17.2. The number of carbonyl (C=O) groups excluding carboxylic acids is 1. The summed E-state index contributed by atoms with van der Waals surface area (Å²) in [6.07, 6.45) is 3.64. The maximum absolute atomic E-state index is 12.3. The lowest BCUT2D eigenvalue weighted by molar-refractivity contribution is -0.128. The standard InChI is InChI=1S/C27H28N6O2.C6H15N/c1-3-25(34)33-16-15-32(17-20(33)11-13-28)26-22-12-14-31(18-23(22)29-27(30-26)35-2)24-10-6-8-19-7-4-5-9-21(19)24;1-4-6-7(3)5-2/h3-10,20H,1,11-12,14-18H2,2H3;4-6H2,1-3H3. The van der Waals surface area contributed by atoms with E-state index in [1.807, 2.05) is 0 Å². The number of hydrogen-bond acceptors (Lipinski definition) is 8. The molecule has 1 aromatic heterocycles. The molecule has 0 N–H and O–H groups in total. The van der Waals surface area contributed by atoms with Gasteiger partial charge in [-0.3, -0.25) is 4.79 Å². The quantitative estimate of drug-likeness (QED) is 0.362. The van der Waals surface area contributed by atoms with Gasteiger partial charge in [0.15, 0.2) is 0 Å². The molecule has 3 aromatic rings. The summed E-state index contributed by atoms with van der Waals surface area (Å²) in [5.41, 5.74) is 3.26. The molecule has 2 aromatic carbocycles. The summed E-state index contributed by atoms with van der Waals surface area (Å²) in [6.45, 7) is 13.6. The largest absolute Gasteiger partial charge is 0.467 e. The highest BCUT2D eigenvalue weighted by Gasteiger charge is 2.33. The maximum Gasteiger partial charge on any atom is 0.318 e. The fourth-order valence-electron chi connectivity index (χ4n) is 5.71. The van der Waals surface area contributed by atoms with Crippen LogP contribution in [0.15, 0.2) is 55.1 Å². The van der Waals surface area contributed by atoms with E-state index in [9.17, 15) is 10.1 Å². The van der Waals surface area contributed by atoms with Crippen molar-refractivity contribution in [3.8, 4) is 12.1 Å². The average Bonchev–Trinajstić information content (AvgIpc) is 3.03. The molecule has 1 amide bonds. The number of methoxy groups -OCH3 is 1. The van der Waals surface area contributed by atoms with Crippen LogP contribution >= 0.6 is 0 Å². The van der Waals surface area contributed by atoms with Gasteiger partial charge in [-0.2, -0.15) is 15.2 Å². The Kier molecular flexibility index (Phi) is 10.7. The Balaban J connectivity index is 0.000000517. The molecule has 0 radical (unpaired) electrons. The second-order valence-electron chi connectivity index (χ2n) is 10.7. The van der Waals surface area contributed by atoms with Gasteiger partial charge in [0.1, 0.15) is 5.82 Å². The van der Waals surface area contributed by atoms with Crippen molar-refractivity contribution >= 4 is 28.2 Å². The topological polar surface area (TPSA) is 88.8 Å². The van der Waals surface area contributed by atoms with Crippen LogP contribution in [-0.4, -0.2) is 85.1 Å². The van der Waals surface area contributed by atoms with Gasteiger partial charge in [0, 0.05) is 42.8 Å². The van der Waals surface area contributed by atoms with E-state index in [2.05, 4.69) is 90.7 Å². The Morgan fingerprint density at radius 3 is 2.62 bits per heavy atom. The van der Waals surface area contributed by atoms with Crippen molar-refractivity contribution in [2.24, 2.45) is 0 Å². The van der Waals surface area contributed by atoms with Gasteiger partial charge in [-0.1, -0.05) is 56.8 Å². The molecule has 0 spiro atoms. The lowest BCUT2D eigenvalue weighted by Gasteiger charge is -2.42. The zero-order chi connectivity index (χ0) is 30.1. The Morgan fingerprint density at radius 1 is 1.14 bits per heavy atom. The molecule has 3 heterocycles. The molecule has 1 unspecified atom stereocenters. The van der Waals surface area contributed by atoms with Gasteiger partial charge in [-0.25, -0.2) is 0 Å². The molecule has 2 aliphatic rings. The third-order valence-corrected chi connectivity index (χ3v) is 8.02. The Bertz CT molecular complexity index is 1410. The molecule has 2 aliphatic heterocycles. The van der Waals surface area contributed by atoms with E-state index in [1.54, 1.807) is 12.0 Å². The number of piperazine rings is 1. The Labute approximate surface area is 250 Å². The first-order valence-corrected chi connectivity index (χ1v) is 14.8. The first kappa shape index (κ1) is 30.8. The minimum Gasteiger partial charge on any atom is -0.467 e. The van der Waals surface area contributed by atoms with Gasteiger partial charge < -0.3 is 24.3 Å². The number of fused-ring (bicyclic) bond motifs is 2. The van der Waals surface area contributed by atoms with Crippen molar-refractivity contribution in [2.75, 3.05) is 63.2 Å². The normalized spacial score (nSPS) is 16.4. The van der Waals surface area contributed by atoms with Crippen LogP contribution in [0.4, 0.5) is 11.5 Å². The fourth-order valence-corrected chi connectivity index (χ4v) is 5.71. The van der Waals surface area contributed by atoms with Gasteiger partial charge >= 0.3 is 6.01 Å². The predicted molar refractivity (Wildman–Crippen MR) is 169 cm³/mol. The highest BCUT2D eigenvalue weighted by Crippen LogP contribution is 2.34. The van der Waals surface area contributed by atoms with Crippen molar-refractivity contribution in [1.29, 1.82) is 5.26 Å². The Hall–Kier alpha value is -4.16. The van der Waals surface area contributed by atoms with E-state index in [-0.39, 0.29) is 18.4 Å². The molecule has 222 valence electrons. The van der Waals surface area contributed by atoms with Crippen molar-refractivity contribution in [1.82, 2.24) is 19.8 Å². The number of benzene rings is 2. The minimum atomic E-state index is -0.216.